The Morgan fingerprint density at radius 2 is 2.05 bits per heavy atom. The first-order valence-corrected chi connectivity index (χ1v) is 8.52. The van der Waals surface area contributed by atoms with Crippen molar-refractivity contribution in [1.82, 2.24) is 15.5 Å². The summed E-state index contributed by atoms with van der Waals surface area (Å²) in [5.74, 6) is -0.217. The molecule has 1 aromatic carbocycles. The summed E-state index contributed by atoms with van der Waals surface area (Å²) in [7, 11) is 1.86. The second kappa shape index (κ2) is 6.69. The molecule has 0 aliphatic rings. The molecule has 0 aliphatic heterocycles. The Morgan fingerprint density at radius 1 is 1.32 bits per heavy atom. The topological polar surface area (TPSA) is 37.8 Å². The van der Waals surface area contributed by atoms with E-state index in [4.69, 9.17) is 0 Å². The van der Waals surface area contributed by atoms with Crippen molar-refractivity contribution >= 4 is 34.9 Å². The van der Waals surface area contributed by atoms with Crippen LogP contribution in [0.25, 0.3) is 0 Å². The van der Waals surface area contributed by atoms with Crippen LogP contribution in [0, 0.1) is 5.82 Å². The van der Waals surface area contributed by atoms with E-state index in [9.17, 15) is 4.39 Å². The lowest BCUT2D eigenvalue weighted by atomic mass is 10.1. The highest BCUT2D eigenvalue weighted by Crippen LogP contribution is 2.34. The number of aromatic nitrogens is 2. The van der Waals surface area contributed by atoms with Crippen LogP contribution in [0.3, 0.4) is 0 Å². The van der Waals surface area contributed by atoms with Gasteiger partial charge in [-0.25, -0.2) is 4.39 Å². The lowest BCUT2D eigenvalue weighted by Gasteiger charge is -2.11. The zero-order valence-electron chi connectivity index (χ0n) is 10.8. The fourth-order valence-electron chi connectivity index (χ4n) is 1.45. The van der Waals surface area contributed by atoms with E-state index in [-0.39, 0.29) is 11.9 Å². The summed E-state index contributed by atoms with van der Waals surface area (Å²) in [4.78, 5) is 0.579. The number of hydrogen-bond acceptors (Lipinski definition) is 6. The van der Waals surface area contributed by atoms with Gasteiger partial charge >= 0.3 is 0 Å². The van der Waals surface area contributed by atoms with Crippen LogP contribution in [0.15, 0.2) is 31.8 Å². The van der Waals surface area contributed by atoms with E-state index in [0.29, 0.717) is 4.90 Å². The average molecular weight is 315 g/mol. The van der Waals surface area contributed by atoms with Gasteiger partial charge in [-0.15, -0.1) is 10.2 Å². The first kappa shape index (κ1) is 14.8. The van der Waals surface area contributed by atoms with E-state index in [1.807, 2.05) is 26.3 Å². The molecule has 1 unspecified atom stereocenters. The number of rotatable bonds is 5. The normalized spacial score (nSPS) is 12.6. The molecule has 0 aliphatic carbocycles. The zero-order chi connectivity index (χ0) is 13.8. The van der Waals surface area contributed by atoms with Crippen molar-refractivity contribution in [3.63, 3.8) is 0 Å². The Bertz CT molecular complexity index is 559. The van der Waals surface area contributed by atoms with Crippen LogP contribution >= 0.6 is 34.9 Å². The fraction of sp³-hybridized carbons (Fsp3) is 0.333. The summed E-state index contributed by atoms with van der Waals surface area (Å²) in [5.41, 5.74) is 0.936. The van der Waals surface area contributed by atoms with Crippen LogP contribution in [0.1, 0.15) is 18.5 Å². The van der Waals surface area contributed by atoms with Gasteiger partial charge in [0.25, 0.3) is 0 Å². The van der Waals surface area contributed by atoms with Crippen LogP contribution in [0.5, 0.6) is 0 Å². The van der Waals surface area contributed by atoms with Gasteiger partial charge in [-0.2, -0.15) is 0 Å². The van der Waals surface area contributed by atoms with Gasteiger partial charge in [0, 0.05) is 6.04 Å². The number of halogens is 1. The molecule has 0 bridgehead atoms. The van der Waals surface area contributed by atoms with Crippen LogP contribution in [0.2, 0.25) is 0 Å². The summed E-state index contributed by atoms with van der Waals surface area (Å²) >= 11 is 4.33. The zero-order valence-corrected chi connectivity index (χ0v) is 13.3. The van der Waals surface area contributed by atoms with Gasteiger partial charge in [-0.3, -0.25) is 0 Å². The standard InChI is InChI=1S/C12H14FN3S3/c1-7(14-2)8-4-5-10(9(13)6-8)18-12-16-15-11(17-3)19-12/h4-7,14H,1-3H3. The number of hydrogen-bond donors (Lipinski definition) is 1. The minimum atomic E-state index is -0.217. The Hall–Kier alpha value is -0.630. The predicted octanol–water partition coefficient (Wildman–Crippen LogP) is 3.83. The minimum Gasteiger partial charge on any atom is -0.313 e. The van der Waals surface area contributed by atoms with E-state index >= 15 is 0 Å². The molecule has 2 aromatic rings. The first-order valence-electron chi connectivity index (χ1n) is 5.66. The van der Waals surface area contributed by atoms with E-state index in [1.54, 1.807) is 23.9 Å². The number of thioether (sulfide) groups is 1. The van der Waals surface area contributed by atoms with Crippen molar-refractivity contribution in [3.8, 4) is 0 Å². The highest BCUT2D eigenvalue weighted by atomic mass is 32.2. The van der Waals surface area contributed by atoms with Gasteiger partial charge in [0.05, 0.1) is 4.90 Å². The fourth-order valence-corrected chi connectivity index (χ4v) is 3.85. The Morgan fingerprint density at radius 3 is 2.63 bits per heavy atom. The minimum absolute atomic E-state index is 0.137. The largest absolute Gasteiger partial charge is 0.313 e. The molecular formula is C12H14FN3S3. The molecule has 102 valence electrons. The van der Waals surface area contributed by atoms with Gasteiger partial charge in [-0.1, -0.05) is 40.9 Å². The quantitative estimate of drug-likeness (QED) is 0.849. The molecule has 1 N–H and O–H groups in total. The Labute approximate surface area is 124 Å². The van der Waals surface area contributed by atoms with E-state index in [1.165, 1.54) is 23.1 Å². The molecule has 0 fully saturated rings. The number of nitrogens with one attached hydrogen (secondary N) is 1. The van der Waals surface area contributed by atoms with Crippen LogP contribution in [-0.2, 0) is 0 Å². The Kier molecular flexibility index (Phi) is 5.20. The maximum atomic E-state index is 14.0. The monoisotopic (exact) mass is 315 g/mol. The molecule has 0 saturated heterocycles. The third-order valence-electron chi connectivity index (χ3n) is 2.65. The molecule has 1 heterocycles. The van der Waals surface area contributed by atoms with Gasteiger partial charge in [0.15, 0.2) is 8.68 Å². The van der Waals surface area contributed by atoms with Crippen molar-refractivity contribution in [1.29, 1.82) is 0 Å². The highest BCUT2D eigenvalue weighted by Gasteiger charge is 2.11. The molecule has 1 atom stereocenters. The molecule has 0 amide bonds. The summed E-state index contributed by atoms with van der Waals surface area (Å²) in [6.07, 6.45) is 1.95. The first-order chi connectivity index (χ1) is 9.13. The highest BCUT2D eigenvalue weighted by molar-refractivity contribution is 8.03. The van der Waals surface area contributed by atoms with E-state index < -0.39 is 0 Å². The second-order valence-corrected chi connectivity index (χ2v) is 7.16. The number of nitrogens with zero attached hydrogens (tertiary/aromatic N) is 2. The summed E-state index contributed by atoms with van der Waals surface area (Å²) < 4.78 is 15.7. The van der Waals surface area contributed by atoms with Crippen LogP contribution in [0.4, 0.5) is 4.39 Å². The van der Waals surface area contributed by atoms with Crippen LogP contribution < -0.4 is 5.32 Å². The predicted molar refractivity (Wildman–Crippen MR) is 79.7 cm³/mol. The van der Waals surface area contributed by atoms with E-state index in [0.717, 1.165) is 14.2 Å². The van der Waals surface area contributed by atoms with Gasteiger partial charge in [0.2, 0.25) is 0 Å². The van der Waals surface area contributed by atoms with Crippen molar-refractivity contribution in [2.45, 2.75) is 26.5 Å². The van der Waals surface area contributed by atoms with E-state index in [2.05, 4.69) is 15.5 Å². The maximum absolute atomic E-state index is 14.0. The molecule has 7 heteroatoms. The lowest BCUT2D eigenvalue weighted by molar-refractivity contribution is 0.587. The lowest BCUT2D eigenvalue weighted by Crippen LogP contribution is -2.12. The summed E-state index contributed by atoms with van der Waals surface area (Å²) in [5, 5.41) is 11.1. The van der Waals surface area contributed by atoms with Gasteiger partial charge in [-0.05, 0) is 37.9 Å². The summed E-state index contributed by atoms with van der Waals surface area (Å²) in [6, 6.07) is 5.44. The average Bonchev–Trinajstić information content (AvgIpc) is 2.88. The van der Waals surface area contributed by atoms with Crippen molar-refractivity contribution < 1.29 is 4.39 Å². The van der Waals surface area contributed by atoms with Crippen molar-refractivity contribution in [2.75, 3.05) is 13.3 Å². The summed E-state index contributed by atoms with van der Waals surface area (Å²) in [6.45, 7) is 2.00. The van der Waals surface area contributed by atoms with Gasteiger partial charge < -0.3 is 5.32 Å². The second-order valence-electron chi connectivity index (χ2n) is 3.84. The van der Waals surface area contributed by atoms with Gasteiger partial charge in [0.1, 0.15) is 5.82 Å². The molecule has 0 spiro atoms. The third kappa shape index (κ3) is 3.68. The maximum Gasteiger partial charge on any atom is 0.179 e. The van der Waals surface area contributed by atoms with Crippen molar-refractivity contribution in [3.05, 3.63) is 29.6 Å². The third-order valence-corrected chi connectivity index (χ3v) is 5.65. The smallest absolute Gasteiger partial charge is 0.179 e. The SMILES string of the molecule is CNC(C)c1ccc(Sc2nnc(SC)s2)c(F)c1. The molecule has 19 heavy (non-hydrogen) atoms. The molecule has 0 saturated carbocycles. The van der Waals surface area contributed by atoms with Crippen LogP contribution in [-0.4, -0.2) is 23.5 Å². The molecular weight excluding hydrogens is 301 g/mol. The molecule has 0 radical (unpaired) electrons. The molecule has 3 nitrogen and oxygen atoms in total. The van der Waals surface area contributed by atoms with Crippen molar-refractivity contribution in [2.24, 2.45) is 0 Å². The molecule has 1 aromatic heterocycles. The molecule has 2 rings (SSSR count). The Balaban J connectivity index is 2.17. The number of benzene rings is 1.